The molecule has 0 heterocycles. The molecule has 0 unspecified atom stereocenters. The van der Waals surface area contributed by atoms with Gasteiger partial charge in [0.15, 0.2) is 0 Å². The van der Waals surface area contributed by atoms with Crippen molar-refractivity contribution in [2.24, 2.45) is 5.41 Å². The number of hydrogen-bond donors (Lipinski definition) is 1. The van der Waals surface area contributed by atoms with Crippen molar-refractivity contribution in [1.82, 2.24) is 5.32 Å². The molecular weight excluding hydrogens is 263 g/mol. The van der Waals surface area contributed by atoms with Gasteiger partial charge in [0.2, 0.25) is 0 Å². The lowest BCUT2D eigenvalue weighted by Gasteiger charge is -2.39. The quantitative estimate of drug-likeness (QED) is 0.868. The molecule has 1 aromatic carbocycles. The van der Waals surface area contributed by atoms with Gasteiger partial charge in [-0.05, 0) is 61.4 Å². The third-order valence-corrected chi connectivity index (χ3v) is 4.79. The molecule has 0 saturated heterocycles. The van der Waals surface area contributed by atoms with Gasteiger partial charge in [-0.3, -0.25) is 0 Å². The molecule has 2 nitrogen and oxygen atoms in total. The third kappa shape index (κ3) is 4.44. The van der Waals surface area contributed by atoms with Crippen LogP contribution in [0.3, 0.4) is 0 Å². The predicted molar refractivity (Wildman–Crippen MR) is 88.2 cm³/mol. The van der Waals surface area contributed by atoms with Crippen LogP contribution in [0.2, 0.25) is 0 Å². The molecule has 21 heavy (non-hydrogen) atoms. The Morgan fingerprint density at radius 2 is 1.90 bits per heavy atom. The Kier molecular flexibility index (Phi) is 5.26. The van der Waals surface area contributed by atoms with E-state index in [1.54, 1.807) is 12.1 Å². The molecule has 1 aliphatic rings. The number of anilines is 1. The molecule has 1 aromatic rings. The average Bonchev–Trinajstić information content (AvgIpc) is 2.44. The van der Waals surface area contributed by atoms with Crippen molar-refractivity contribution in [3.05, 3.63) is 29.6 Å². The molecule has 1 saturated carbocycles. The maximum atomic E-state index is 13.9. The van der Waals surface area contributed by atoms with Crippen LogP contribution in [-0.4, -0.2) is 19.6 Å². The summed E-state index contributed by atoms with van der Waals surface area (Å²) in [5, 5.41) is 3.26. The van der Waals surface area contributed by atoms with E-state index in [-0.39, 0.29) is 5.82 Å². The zero-order chi connectivity index (χ0) is 15.5. The van der Waals surface area contributed by atoms with Crippen LogP contribution in [0.25, 0.3) is 0 Å². The highest BCUT2D eigenvalue weighted by Crippen LogP contribution is 2.37. The van der Waals surface area contributed by atoms with Gasteiger partial charge in [0.1, 0.15) is 5.82 Å². The van der Waals surface area contributed by atoms with Gasteiger partial charge in [0, 0.05) is 25.3 Å². The standard InChI is InChI=1S/C18H29FN2/c1-5-20-13-14-10-15(19)12-17(11-14)21(4)16-6-8-18(2,3)9-7-16/h10-12,16,20H,5-9,13H2,1-4H3. The van der Waals surface area contributed by atoms with E-state index in [1.165, 1.54) is 25.7 Å². The second-order valence-corrected chi connectivity index (χ2v) is 7.10. The van der Waals surface area contributed by atoms with Crippen LogP contribution >= 0.6 is 0 Å². The summed E-state index contributed by atoms with van der Waals surface area (Å²) in [5.74, 6) is -0.136. The summed E-state index contributed by atoms with van der Waals surface area (Å²) in [7, 11) is 2.11. The van der Waals surface area contributed by atoms with Gasteiger partial charge in [0.05, 0.1) is 0 Å². The zero-order valence-corrected chi connectivity index (χ0v) is 13.9. The zero-order valence-electron chi connectivity index (χ0n) is 13.9. The van der Waals surface area contributed by atoms with Gasteiger partial charge >= 0.3 is 0 Å². The Balaban J connectivity index is 2.08. The molecule has 1 N–H and O–H groups in total. The lowest BCUT2D eigenvalue weighted by atomic mass is 9.75. The Morgan fingerprint density at radius 1 is 1.24 bits per heavy atom. The number of rotatable bonds is 5. The Morgan fingerprint density at radius 3 is 2.52 bits per heavy atom. The van der Waals surface area contributed by atoms with E-state index in [2.05, 4.69) is 44.1 Å². The van der Waals surface area contributed by atoms with Gasteiger partial charge in [-0.15, -0.1) is 0 Å². The van der Waals surface area contributed by atoms with E-state index in [4.69, 9.17) is 0 Å². The monoisotopic (exact) mass is 292 g/mol. The topological polar surface area (TPSA) is 15.3 Å². The van der Waals surface area contributed by atoms with E-state index in [1.807, 2.05) is 0 Å². The smallest absolute Gasteiger partial charge is 0.125 e. The molecule has 2 rings (SSSR count). The first kappa shape index (κ1) is 16.3. The van der Waals surface area contributed by atoms with Crippen molar-refractivity contribution in [3.8, 4) is 0 Å². The van der Waals surface area contributed by atoms with E-state index in [0.29, 0.717) is 11.5 Å². The number of hydrogen-bond acceptors (Lipinski definition) is 2. The summed E-state index contributed by atoms with van der Waals surface area (Å²) < 4.78 is 13.9. The first-order valence-electron chi connectivity index (χ1n) is 8.14. The number of halogens is 1. The van der Waals surface area contributed by atoms with Crippen molar-refractivity contribution in [2.45, 2.75) is 59.0 Å². The van der Waals surface area contributed by atoms with Crippen LogP contribution < -0.4 is 10.2 Å². The van der Waals surface area contributed by atoms with E-state index in [0.717, 1.165) is 24.3 Å². The van der Waals surface area contributed by atoms with Crippen LogP contribution in [-0.2, 0) is 6.54 Å². The number of benzene rings is 1. The van der Waals surface area contributed by atoms with Crippen molar-refractivity contribution in [3.63, 3.8) is 0 Å². The molecule has 0 spiro atoms. The number of nitrogens with zero attached hydrogens (tertiary/aromatic N) is 1. The molecule has 0 atom stereocenters. The highest BCUT2D eigenvalue weighted by Gasteiger charge is 2.29. The van der Waals surface area contributed by atoms with Gasteiger partial charge in [-0.2, -0.15) is 0 Å². The van der Waals surface area contributed by atoms with Gasteiger partial charge in [0.25, 0.3) is 0 Å². The molecule has 0 amide bonds. The van der Waals surface area contributed by atoms with Crippen LogP contribution in [0, 0.1) is 11.2 Å². The van der Waals surface area contributed by atoms with Crippen molar-refractivity contribution >= 4 is 5.69 Å². The fourth-order valence-corrected chi connectivity index (χ4v) is 3.19. The molecule has 0 aliphatic heterocycles. The molecule has 0 bridgehead atoms. The summed E-state index contributed by atoms with van der Waals surface area (Å²) >= 11 is 0. The summed E-state index contributed by atoms with van der Waals surface area (Å²) in [5.41, 5.74) is 2.50. The van der Waals surface area contributed by atoms with E-state index in [9.17, 15) is 4.39 Å². The molecule has 1 fully saturated rings. The average molecular weight is 292 g/mol. The summed E-state index contributed by atoms with van der Waals surface area (Å²) in [6.07, 6.45) is 4.90. The maximum absolute atomic E-state index is 13.9. The molecule has 0 radical (unpaired) electrons. The lowest BCUT2D eigenvalue weighted by molar-refractivity contribution is 0.222. The fourth-order valence-electron chi connectivity index (χ4n) is 3.19. The second kappa shape index (κ2) is 6.78. The Labute approximate surface area is 128 Å². The summed E-state index contributed by atoms with van der Waals surface area (Å²) in [4.78, 5) is 2.27. The van der Waals surface area contributed by atoms with Gasteiger partial charge in [-0.25, -0.2) is 4.39 Å². The maximum Gasteiger partial charge on any atom is 0.125 e. The number of nitrogens with one attached hydrogen (secondary N) is 1. The molecular formula is C18H29FN2. The summed E-state index contributed by atoms with van der Waals surface area (Å²) in [6, 6.07) is 5.94. The second-order valence-electron chi connectivity index (χ2n) is 7.10. The van der Waals surface area contributed by atoms with Crippen molar-refractivity contribution < 1.29 is 4.39 Å². The Bertz CT molecular complexity index is 460. The van der Waals surface area contributed by atoms with E-state index >= 15 is 0 Å². The SMILES string of the molecule is CCNCc1cc(F)cc(N(C)C2CCC(C)(C)CC2)c1. The third-order valence-electron chi connectivity index (χ3n) is 4.79. The minimum Gasteiger partial charge on any atom is -0.372 e. The highest BCUT2D eigenvalue weighted by atomic mass is 19.1. The summed E-state index contributed by atoms with van der Waals surface area (Å²) in [6.45, 7) is 8.39. The molecule has 1 aliphatic carbocycles. The fraction of sp³-hybridized carbons (Fsp3) is 0.667. The lowest BCUT2D eigenvalue weighted by Crippen LogP contribution is -2.37. The van der Waals surface area contributed by atoms with Crippen LogP contribution in [0.1, 0.15) is 52.0 Å². The van der Waals surface area contributed by atoms with Gasteiger partial charge in [-0.1, -0.05) is 20.8 Å². The molecule has 118 valence electrons. The first-order valence-corrected chi connectivity index (χ1v) is 8.14. The van der Waals surface area contributed by atoms with Crippen molar-refractivity contribution in [2.75, 3.05) is 18.5 Å². The van der Waals surface area contributed by atoms with E-state index < -0.39 is 0 Å². The largest absolute Gasteiger partial charge is 0.372 e. The normalized spacial score (nSPS) is 18.7. The molecule has 0 aromatic heterocycles. The predicted octanol–water partition coefficient (Wildman–Crippen LogP) is 4.34. The molecule has 3 heteroatoms. The van der Waals surface area contributed by atoms with Crippen molar-refractivity contribution in [1.29, 1.82) is 0 Å². The van der Waals surface area contributed by atoms with Crippen LogP contribution in [0.4, 0.5) is 10.1 Å². The first-order chi connectivity index (χ1) is 9.91. The Hall–Kier alpha value is -1.09. The van der Waals surface area contributed by atoms with Crippen LogP contribution in [0.15, 0.2) is 18.2 Å². The minimum atomic E-state index is -0.136. The van der Waals surface area contributed by atoms with Gasteiger partial charge < -0.3 is 10.2 Å². The highest BCUT2D eigenvalue weighted by molar-refractivity contribution is 5.49. The van der Waals surface area contributed by atoms with Crippen LogP contribution in [0.5, 0.6) is 0 Å². The minimum absolute atomic E-state index is 0.136.